The summed E-state index contributed by atoms with van der Waals surface area (Å²) >= 11 is 0. The summed E-state index contributed by atoms with van der Waals surface area (Å²) in [6, 6.07) is 4.08. The molecule has 2 aliphatic heterocycles. The molecule has 2 aliphatic rings. The van der Waals surface area contributed by atoms with Crippen LogP contribution >= 0.6 is 0 Å². The largest absolute Gasteiger partial charge is 0.381 e. The highest BCUT2D eigenvalue weighted by atomic mass is 16.5. The van der Waals surface area contributed by atoms with Gasteiger partial charge in [-0.2, -0.15) is 0 Å². The number of aromatic nitrogens is 1. The fraction of sp³-hybridized carbons (Fsp3) is 0.647. The molecule has 1 aromatic rings. The molecular weight excluding hydrogens is 278 g/mol. The Morgan fingerprint density at radius 2 is 2.18 bits per heavy atom. The van der Waals surface area contributed by atoms with Gasteiger partial charge in [0.15, 0.2) is 0 Å². The summed E-state index contributed by atoms with van der Waals surface area (Å²) in [5.74, 6) is 0.290. The lowest BCUT2D eigenvalue weighted by Gasteiger charge is -2.46. The van der Waals surface area contributed by atoms with E-state index >= 15 is 0 Å². The van der Waals surface area contributed by atoms with Gasteiger partial charge in [-0.05, 0) is 31.4 Å². The van der Waals surface area contributed by atoms with E-state index in [-0.39, 0.29) is 11.4 Å². The molecule has 3 rings (SSSR count). The van der Waals surface area contributed by atoms with Crippen LogP contribution in [0.2, 0.25) is 0 Å². The van der Waals surface area contributed by atoms with E-state index in [9.17, 15) is 4.79 Å². The van der Waals surface area contributed by atoms with Crippen molar-refractivity contribution in [2.24, 2.45) is 0 Å². The lowest BCUT2D eigenvalue weighted by molar-refractivity contribution is -0.140. The number of amides is 1. The van der Waals surface area contributed by atoms with E-state index in [1.54, 1.807) is 6.20 Å². The molecule has 120 valence electrons. The Hall–Kier alpha value is -1.46. The fourth-order valence-electron chi connectivity index (χ4n) is 3.81. The summed E-state index contributed by atoms with van der Waals surface area (Å²) in [5, 5.41) is 0. The molecule has 3 heterocycles. The maximum absolute atomic E-state index is 12.6. The molecule has 5 heteroatoms. The second kappa shape index (κ2) is 6.75. The molecule has 0 atom stereocenters. The minimum absolute atomic E-state index is 0.0528. The van der Waals surface area contributed by atoms with Crippen LogP contribution in [0.5, 0.6) is 0 Å². The highest BCUT2D eigenvalue weighted by molar-refractivity contribution is 5.77. The Morgan fingerprint density at radius 3 is 2.86 bits per heavy atom. The van der Waals surface area contributed by atoms with Crippen LogP contribution in [0.4, 0.5) is 0 Å². The van der Waals surface area contributed by atoms with Gasteiger partial charge < -0.3 is 9.64 Å². The van der Waals surface area contributed by atoms with Crippen molar-refractivity contribution in [2.45, 2.75) is 38.3 Å². The van der Waals surface area contributed by atoms with Gasteiger partial charge in [-0.1, -0.05) is 6.07 Å². The molecule has 0 bridgehead atoms. The van der Waals surface area contributed by atoms with Crippen LogP contribution in [0.15, 0.2) is 24.5 Å². The average Bonchev–Trinajstić information content (AvgIpc) is 2.66. The number of ether oxygens (including phenoxy) is 1. The molecule has 1 spiro atoms. The molecule has 0 saturated carbocycles. The molecule has 1 aromatic heterocycles. The lowest BCUT2D eigenvalue weighted by atomic mass is 9.87. The van der Waals surface area contributed by atoms with E-state index in [2.05, 4.69) is 27.8 Å². The van der Waals surface area contributed by atoms with Crippen LogP contribution in [0, 0.1) is 0 Å². The van der Waals surface area contributed by atoms with Gasteiger partial charge >= 0.3 is 0 Å². The first-order chi connectivity index (χ1) is 10.7. The number of carbonyl (C=O) groups excluding carboxylic acids is 1. The van der Waals surface area contributed by atoms with Crippen LogP contribution < -0.4 is 0 Å². The molecule has 0 radical (unpaired) electrons. The summed E-state index contributed by atoms with van der Waals surface area (Å²) in [6.07, 6.45) is 6.21. The summed E-state index contributed by atoms with van der Waals surface area (Å²) in [5.41, 5.74) is 1.16. The number of pyridine rings is 1. The Bertz CT molecular complexity index is 500. The molecule has 0 aliphatic carbocycles. The van der Waals surface area contributed by atoms with E-state index in [0.717, 1.165) is 52.2 Å². The number of likely N-dealkylation sites (N-methyl/N-ethyl adjacent to an activating group) is 1. The van der Waals surface area contributed by atoms with Crippen molar-refractivity contribution < 1.29 is 9.53 Å². The maximum Gasteiger partial charge on any atom is 0.224 e. The molecule has 0 unspecified atom stereocenters. The monoisotopic (exact) mass is 303 g/mol. The Balaban J connectivity index is 1.80. The van der Waals surface area contributed by atoms with Gasteiger partial charge in [-0.25, -0.2) is 0 Å². The van der Waals surface area contributed by atoms with E-state index in [4.69, 9.17) is 4.74 Å². The van der Waals surface area contributed by atoms with Crippen LogP contribution in [-0.2, 0) is 16.1 Å². The summed E-state index contributed by atoms with van der Waals surface area (Å²) in [6.45, 7) is 7.01. The van der Waals surface area contributed by atoms with Crippen LogP contribution in [0.25, 0.3) is 0 Å². The number of hydrogen-bond donors (Lipinski definition) is 0. The topological polar surface area (TPSA) is 45.7 Å². The molecular formula is C17H25N3O2. The molecule has 0 aromatic carbocycles. The predicted molar refractivity (Wildman–Crippen MR) is 84.3 cm³/mol. The van der Waals surface area contributed by atoms with Crippen molar-refractivity contribution in [3.05, 3.63) is 30.1 Å². The first kappa shape index (κ1) is 15.4. The van der Waals surface area contributed by atoms with E-state index in [1.165, 1.54) is 5.56 Å². The van der Waals surface area contributed by atoms with Crippen LogP contribution in [-0.4, -0.2) is 59.1 Å². The lowest BCUT2D eigenvalue weighted by Crippen LogP contribution is -2.58. The molecule has 0 N–H and O–H groups in total. The van der Waals surface area contributed by atoms with Crippen molar-refractivity contribution in [3.63, 3.8) is 0 Å². The Labute approximate surface area is 132 Å². The van der Waals surface area contributed by atoms with Crippen LogP contribution in [0.1, 0.15) is 31.7 Å². The summed E-state index contributed by atoms with van der Waals surface area (Å²) < 4.78 is 5.55. The zero-order chi connectivity index (χ0) is 15.4. The first-order valence-corrected chi connectivity index (χ1v) is 8.23. The number of rotatable bonds is 3. The Kier molecular flexibility index (Phi) is 4.74. The van der Waals surface area contributed by atoms with Gasteiger partial charge in [0.05, 0.1) is 5.54 Å². The second-order valence-corrected chi connectivity index (χ2v) is 6.30. The number of hydrogen-bond acceptors (Lipinski definition) is 4. The van der Waals surface area contributed by atoms with Crippen LogP contribution in [0.3, 0.4) is 0 Å². The van der Waals surface area contributed by atoms with Gasteiger partial charge in [0.1, 0.15) is 0 Å². The molecule has 5 nitrogen and oxygen atoms in total. The quantitative estimate of drug-likeness (QED) is 0.852. The normalized spacial score (nSPS) is 22.8. The maximum atomic E-state index is 12.6. The Morgan fingerprint density at radius 1 is 1.36 bits per heavy atom. The molecule has 2 saturated heterocycles. The number of carbonyl (C=O) groups is 1. The zero-order valence-corrected chi connectivity index (χ0v) is 13.3. The van der Waals surface area contributed by atoms with E-state index in [1.807, 2.05) is 12.3 Å². The van der Waals surface area contributed by atoms with Crippen molar-refractivity contribution in [2.75, 3.05) is 32.8 Å². The standard InChI is InChI=1S/C17H25N3O2/c1-2-20-16(21)5-9-19(13-15-4-3-8-18-12-15)14-17(20)6-10-22-11-7-17/h3-4,8,12H,2,5-7,9-11,13-14H2,1H3. The van der Waals surface area contributed by atoms with Crippen molar-refractivity contribution >= 4 is 5.91 Å². The minimum Gasteiger partial charge on any atom is -0.381 e. The minimum atomic E-state index is -0.0528. The fourth-order valence-corrected chi connectivity index (χ4v) is 3.81. The average molecular weight is 303 g/mol. The third-order valence-electron chi connectivity index (χ3n) is 4.90. The third kappa shape index (κ3) is 3.15. The SMILES string of the molecule is CCN1C(=O)CCN(Cc2cccnc2)CC12CCOCC2. The number of nitrogens with zero attached hydrogens (tertiary/aromatic N) is 3. The smallest absolute Gasteiger partial charge is 0.224 e. The zero-order valence-electron chi connectivity index (χ0n) is 13.3. The van der Waals surface area contributed by atoms with E-state index in [0.29, 0.717) is 6.42 Å². The van der Waals surface area contributed by atoms with Gasteiger partial charge in [-0.3, -0.25) is 14.7 Å². The summed E-state index contributed by atoms with van der Waals surface area (Å²) in [7, 11) is 0. The first-order valence-electron chi connectivity index (χ1n) is 8.23. The second-order valence-electron chi connectivity index (χ2n) is 6.30. The van der Waals surface area contributed by atoms with Crippen molar-refractivity contribution in [1.82, 2.24) is 14.8 Å². The van der Waals surface area contributed by atoms with Gasteiger partial charge in [0.25, 0.3) is 0 Å². The van der Waals surface area contributed by atoms with E-state index < -0.39 is 0 Å². The molecule has 1 amide bonds. The highest BCUT2D eigenvalue weighted by Crippen LogP contribution is 2.32. The summed E-state index contributed by atoms with van der Waals surface area (Å²) in [4.78, 5) is 21.3. The van der Waals surface area contributed by atoms with Gasteiger partial charge in [0.2, 0.25) is 5.91 Å². The molecule has 22 heavy (non-hydrogen) atoms. The molecule has 2 fully saturated rings. The van der Waals surface area contributed by atoms with Crippen molar-refractivity contribution in [3.8, 4) is 0 Å². The van der Waals surface area contributed by atoms with Gasteiger partial charge in [0, 0.05) is 58.2 Å². The van der Waals surface area contributed by atoms with Crippen molar-refractivity contribution in [1.29, 1.82) is 0 Å². The third-order valence-corrected chi connectivity index (χ3v) is 4.90. The predicted octanol–water partition coefficient (Wildman–Crippen LogP) is 1.68. The highest BCUT2D eigenvalue weighted by Gasteiger charge is 2.43. The van der Waals surface area contributed by atoms with Gasteiger partial charge in [-0.15, -0.1) is 0 Å².